The zero-order chi connectivity index (χ0) is 29.8. The first kappa shape index (κ1) is 28.7. The molecule has 1 aromatic heterocycles. The summed E-state index contributed by atoms with van der Waals surface area (Å²) in [6.45, 7) is 7.65. The molecule has 5 rings (SSSR count). The van der Waals surface area contributed by atoms with Crippen molar-refractivity contribution in [3.05, 3.63) is 72.6 Å². The molecule has 0 unspecified atom stereocenters. The van der Waals surface area contributed by atoms with Crippen LogP contribution in [0.15, 0.2) is 55.4 Å². The summed E-state index contributed by atoms with van der Waals surface area (Å²) < 4.78 is 34.2. The molecule has 2 aliphatic rings. The number of rotatable bonds is 8. The Morgan fingerprint density at radius 3 is 2.60 bits per heavy atom. The van der Waals surface area contributed by atoms with Crippen LogP contribution in [-0.4, -0.2) is 66.6 Å². The topological polar surface area (TPSA) is 112 Å². The summed E-state index contributed by atoms with van der Waals surface area (Å²) in [7, 11) is 1.53. The Kier molecular flexibility index (Phi) is 8.48. The number of halogens is 2. The molecule has 3 heterocycles. The Morgan fingerprint density at radius 2 is 1.88 bits per heavy atom. The van der Waals surface area contributed by atoms with E-state index in [-0.39, 0.29) is 17.4 Å². The maximum Gasteiger partial charge on any atom is 0.247 e. The third-order valence-electron chi connectivity index (χ3n) is 7.19. The third-order valence-corrected chi connectivity index (χ3v) is 7.19. The Balaban J connectivity index is 1.43. The Labute approximate surface area is 241 Å². The standard InChI is InChI=1S/C29H31F2N7O4/c1-4-29(40)35-22-14-23(26(41-3)15-25(22)37-10-8-36(9-11-37)18(2)39)34-27-16-28(33-17-32-27)38-24(7-12-42-38)20-13-19(30)5-6-21(20)31/h4-6,13-17,24H,1,7-12H2,2-3H3,(H,35,40)(H,32,33,34)/t24-/m1/s1. The van der Waals surface area contributed by atoms with Crippen molar-refractivity contribution in [2.75, 3.05) is 60.5 Å². The number of piperazine rings is 1. The highest BCUT2D eigenvalue weighted by atomic mass is 19.1. The summed E-state index contributed by atoms with van der Waals surface area (Å²) in [5, 5.41) is 7.51. The average Bonchev–Trinajstić information content (AvgIpc) is 3.48. The van der Waals surface area contributed by atoms with Crippen LogP contribution in [0.2, 0.25) is 0 Å². The molecular formula is C29H31F2N7O4. The first-order valence-electron chi connectivity index (χ1n) is 13.4. The highest BCUT2D eigenvalue weighted by Crippen LogP contribution is 2.40. The molecule has 42 heavy (non-hydrogen) atoms. The lowest BCUT2D eigenvalue weighted by atomic mass is 10.0. The van der Waals surface area contributed by atoms with Crippen molar-refractivity contribution in [3.63, 3.8) is 0 Å². The van der Waals surface area contributed by atoms with Crippen LogP contribution in [0.1, 0.15) is 24.9 Å². The van der Waals surface area contributed by atoms with E-state index in [1.165, 1.54) is 24.6 Å². The van der Waals surface area contributed by atoms with E-state index in [1.54, 1.807) is 30.0 Å². The quantitative estimate of drug-likeness (QED) is 0.380. The molecule has 0 radical (unpaired) electrons. The fraction of sp³-hybridized carbons (Fsp3) is 0.310. The van der Waals surface area contributed by atoms with Crippen molar-refractivity contribution in [2.45, 2.75) is 19.4 Å². The molecule has 2 aromatic carbocycles. The van der Waals surface area contributed by atoms with Crippen molar-refractivity contribution < 1.29 is 27.9 Å². The van der Waals surface area contributed by atoms with Gasteiger partial charge in [0.2, 0.25) is 11.8 Å². The summed E-state index contributed by atoms with van der Waals surface area (Å²) >= 11 is 0. The van der Waals surface area contributed by atoms with Crippen molar-refractivity contribution in [1.29, 1.82) is 0 Å². The number of hydrogen-bond donors (Lipinski definition) is 2. The van der Waals surface area contributed by atoms with E-state index in [0.717, 1.165) is 23.9 Å². The van der Waals surface area contributed by atoms with Gasteiger partial charge >= 0.3 is 0 Å². The molecule has 0 spiro atoms. The van der Waals surface area contributed by atoms with Gasteiger partial charge in [-0.1, -0.05) is 6.58 Å². The molecule has 220 valence electrons. The minimum Gasteiger partial charge on any atom is -0.494 e. The number of anilines is 5. The number of nitrogens with one attached hydrogen (secondary N) is 2. The summed E-state index contributed by atoms with van der Waals surface area (Å²) in [6.07, 6.45) is 2.95. The Morgan fingerprint density at radius 1 is 1.10 bits per heavy atom. The number of benzene rings is 2. The molecule has 0 aliphatic carbocycles. The molecular weight excluding hydrogens is 548 g/mol. The summed E-state index contributed by atoms with van der Waals surface area (Å²) in [6, 6.07) is 7.89. The van der Waals surface area contributed by atoms with Gasteiger partial charge in [-0.2, -0.15) is 0 Å². The Bertz CT molecular complexity index is 1500. The lowest BCUT2D eigenvalue weighted by molar-refractivity contribution is -0.129. The van der Waals surface area contributed by atoms with Gasteiger partial charge < -0.3 is 25.2 Å². The van der Waals surface area contributed by atoms with E-state index in [1.807, 2.05) is 0 Å². The van der Waals surface area contributed by atoms with Gasteiger partial charge in [-0.05, 0) is 30.3 Å². The molecule has 2 fully saturated rings. The second kappa shape index (κ2) is 12.4. The first-order valence-corrected chi connectivity index (χ1v) is 13.4. The second-order valence-corrected chi connectivity index (χ2v) is 9.77. The third kappa shape index (κ3) is 6.10. The SMILES string of the molecule is C=CC(=O)Nc1cc(Nc2cc(N3OCC[C@@H]3c3cc(F)ccc3F)ncn2)c(OC)cc1N1CCN(C(C)=O)CC1. The second-order valence-electron chi connectivity index (χ2n) is 9.77. The number of hydroxylamine groups is 1. The highest BCUT2D eigenvalue weighted by Gasteiger charge is 2.32. The van der Waals surface area contributed by atoms with E-state index in [0.29, 0.717) is 68.0 Å². The monoisotopic (exact) mass is 579 g/mol. The zero-order valence-electron chi connectivity index (χ0n) is 23.3. The van der Waals surface area contributed by atoms with E-state index < -0.39 is 17.7 Å². The molecule has 11 nitrogen and oxygen atoms in total. The van der Waals surface area contributed by atoms with Gasteiger partial charge in [0.1, 0.15) is 29.5 Å². The van der Waals surface area contributed by atoms with Crippen molar-refractivity contribution in [1.82, 2.24) is 14.9 Å². The van der Waals surface area contributed by atoms with Gasteiger partial charge in [-0.3, -0.25) is 14.4 Å². The van der Waals surface area contributed by atoms with E-state index in [9.17, 15) is 18.4 Å². The normalized spacial score (nSPS) is 16.8. The number of amides is 2. The molecule has 2 aliphatic heterocycles. The molecule has 2 saturated heterocycles. The van der Waals surface area contributed by atoms with Gasteiger partial charge in [-0.25, -0.2) is 23.8 Å². The van der Waals surface area contributed by atoms with Crippen LogP contribution in [0.4, 0.5) is 37.5 Å². The number of ether oxygens (including phenoxy) is 1. The predicted molar refractivity (Wildman–Crippen MR) is 154 cm³/mol. The Hall–Kier alpha value is -4.78. The maximum absolute atomic E-state index is 14.6. The maximum atomic E-state index is 14.6. The van der Waals surface area contributed by atoms with Crippen molar-refractivity contribution in [3.8, 4) is 5.75 Å². The summed E-state index contributed by atoms with van der Waals surface area (Å²) in [4.78, 5) is 42.3. The molecule has 0 saturated carbocycles. The fourth-order valence-electron chi connectivity index (χ4n) is 5.06. The lowest BCUT2D eigenvalue weighted by Crippen LogP contribution is -2.48. The van der Waals surface area contributed by atoms with Crippen LogP contribution < -0.4 is 25.3 Å². The van der Waals surface area contributed by atoms with Crippen molar-refractivity contribution in [2.24, 2.45) is 0 Å². The number of carbonyl (C=O) groups is 2. The minimum atomic E-state index is -0.582. The van der Waals surface area contributed by atoms with E-state index in [4.69, 9.17) is 9.57 Å². The summed E-state index contributed by atoms with van der Waals surface area (Å²) in [5.74, 6) is -0.254. The van der Waals surface area contributed by atoms with Gasteiger partial charge in [0.05, 0.1) is 36.8 Å². The van der Waals surface area contributed by atoms with Crippen LogP contribution in [-0.2, 0) is 14.4 Å². The lowest BCUT2D eigenvalue weighted by Gasteiger charge is -2.36. The van der Waals surface area contributed by atoms with Crippen LogP contribution >= 0.6 is 0 Å². The van der Waals surface area contributed by atoms with Gasteiger partial charge in [0.15, 0.2) is 5.82 Å². The van der Waals surface area contributed by atoms with Gasteiger partial charge in [0.25, 0.3) is 0 Å². The highest BCUT2D eigenvalue weighted by molar-refractivity contribution is 6.02. The average molecular weight is 580 g/mol. The number of carbonyl (C=O) groups excluding carboxylic acids is 2. The van der Waals surface area contributed by atoms with Crippen molar-refractivity contribution >= 4 is 40.5 Å². The van der Waals surface area contributed by atoms with Crippen LogP contribution in [0, 0.1) is 11.6 Å². The molecule has 3 aromatic rings. The van der Waals surface area contributed by atoms with E-state index >= 15 is 0 Å². The minimum absolute atomic E-state index is 0.0166. The van der Waals surface area contributed by atoms with Crippen LogP contribution in [0.25, 0.3) is 0 Å². The number of methoxy groups -OCH3 is 1. The summed E-state index contributed by atoms with van der Waals surface area (Å²) in [5.41, 5.74) is 1.91. The smallest absolute Gasteiger partial charge is 0.247 e. The molecule has 0 bridgehead atoms. The largest absolute Gasteiger partial charge is 0.494 e. The van der Waals surface area contributed by atoms with Gasteiger partial charge in [-0.15, -0.1) is 0 Å². The molecule has 1 atom stereocenters. The molecule has 2 amide bonds. The molecule has 2 N–H and O–H groups in total. The zero-order valence-corrected chi connectivity index (χ0v) is 23.3. The van der Waals surface area contributed by atoms with E-state index in [2.05, 4.69) is 32.1 Å². The van der Waals surface area contributed by atoms with Gasteiger partial charge in [0, 0.05) is 57.2 Å². The molecule has 13 heteroatoms. The number of nitrogens with zero attached hydrogens (tertiary/aromatic N) is 5. The fourth-order valence-corrected chi connectivity index (χ4v) is 5.06. The predicted octanol–water partition coefficient (Wildman–Crippen LogP) is 4.18. The number of hydrogen-bond acceptors (Lipinski definition) is 9. The van der Waals surface area contributed by atoms with Crippen LogP contribution in [0.3, 0.4) is 0 Å². The first-order chi connectivity index (χ1) is 20.3. The van der Waals surface area contributed by atoms with Crippen LogP contribution in [0.5, 0.6) is 5.75 Å². The number of aromatic nitrogens is 2.